The van der Waals surface area contributed by atoms with Crippen molar-refractivity contribution in [1.82, 2.24) is 20.2 Å². The van der Waals surface area contributed by atoms with Gasteiger partial charge in [-0.05, 0) is 24.5 Å². The van der Waals surface area contributed by atoms with Crippen molar-refractivity contribution < 1.29 is 0 Å². The fourth-order valence-electron chi connectivity index (χ4n) is 2.50. The Morgan fingerprint density at radius 2 is 1.88 bits per heavy atom. The molecule has 118 valence electrons. The molecule has 2 N–H and O–H groups in total. The van der Waals surface area contributed by atoms with E-state index in [9.17, 15) is 0 Å². The fourth-order valence-corrected chi connectivity index (χ4v) is 2.88. The largest absolute Gasteiger partial charge is 0.340 e. The van der Waals surface area contributed by atoms with Crippen LogP contribution in [0.5, 0.6) is 0 Å². The Kier molecular flexibility index (Phi) is 3.88. The van der Waals surface area contributed by atoms with Gasteiger partial charge in [-0.15, -0.1) is 0 Å². The first kappa shape index (κ1) is 14.7. The standard InChI is InChI=1S/C18H15N5S/c1-24-18-21-15(12-5-3-2-4-6-12)10-17(22-18)20-14-8-7-13-11-19-23-16(13)9-14/h2-11H,1H3,(H,19,23)(H,20,21,22). The molecule has 0 radical (unpaired) electrons. The third-order valence-electron chi connectivity index (χ3n) is 3.67. The lowest BCUT2D eigenvalue weighted by atomic mass is 10.1. The molecule has 4 rings (SSSR count). The average molecular weight is 333 g/mol. The highest BCUT2D eigenvalue weighted by Crippen LogP contribution is 2.25. The van der Waals surface area contributed by atoms with Crippen LogP contribution in [-0.2, 0) is 0 Å². The van der Waals surface area contributed by atoms with Crippen LogP contribution in [0.2, 0.25) is 0 Å². The average Bonchev–Trinajstić information content (AvgIpc) is 3.10. The SMILES string of the molecule is CSc1nc(Nc2ccc3cn[nH]c3c2)cc(-c2ccccc2)n1. The first-order valence-electron chi connectivity index (χ1n) is 7.50. The third-order valence-corrected chi connectivity index (χ3v) is 4.22. The van der Waals surface area contributed by atoms with Crippen LogP contribution in [0.1, 0.15) is 0 Å². The van der Waals surface area contributed by atoms with Crippen molar-refractivity contribution in [3.05, 3.63) is 60.8 Å². The molecule has 0 saturated carbocycles. The summed E-state index contributed by atoms with van der Waals surface area (Å²) in [7, 11) is 0. The van der Waals surface area contributed by atoms with Crippen molar-refractivity contribution in [2.24, 2.45) is 0 Å². The molecule has 0 unspecified atom stereocenters. The van der Waals surface area contributed by atoms with Crippen LogP contribution < -0.4 is 5.32 Å². The second-order valence-corrected chi connectivity index (χ2v) is 6.06. The summed E-state index contributed by atoms with van der Waals surface area (Å²) in [5, 5.41) is 12.2. The maximum absolute atomic E-state index is 4.60. The van der Waals surface area contributed by atoms with E-state index >= 15 is 0 Å². The number of hydrogen-bond acceptors (Lipinski definition) is 5. The highest BCUT2D eigenvalue weighted by Gasteiger charge is 2.07. The maximum Gasteiger partial charge on any atom is 0.189 e. The van der Waals surface area contributed by atoms with Gasteiger partial charge in [-0.2, -0.15) is 5.10 Å². The molecule has 0 fully saturated rings. The van der Waals surface area contributed by atoms with Gasteiger partial charge < -0.3 is 5.32 Å². The molecule has 24 heavy (non-hydrogen) atoms. The summed E-state index contributed by atoms with van der Waals surface area (Å²) in [5.41, 5.74) is 3.92. The Hall–Kier alpha value is -2.86. The van der Waals surface area contributed by atoms with E-state index in [0.29, 0.717) is 0 Å². The molecule has 0 aliphatic heterocycles. The predicted molar refractivity (Wildman–Crippen MR) is 98.6 cm³/mol. The van der Waals surface area contributed by atoms with Crippen LogP contribution in [0.15, 0.2) is 66.0 Å². The molecule has 6 heteroatoms. The first-order chi connectivity index (χ1) is 11.8. The minimum Gasteiger partial charge on any atom is -0.340 e. The molecule has 2 aromatic heterocycles. The zero-order chi connectivity index (χ0) is 16.4. The number of hydrogen-bond donors (Lipinski definition) is 2. The van der Waals surface area contributed by atoms with E-state index in [1.807, 2.05) is 67.0 Å². The highest BCUT2D eigenvalue weighted by atomic mass is 32.2. The van der Waals surface area contributed by atoms with E-state index in [1.54, 1.807) is 0 Å². The summed E-state index contributed by atoms with van der Waals surface area (Å²) in [4.78, 5) is 9.16. The molecule has 0 amide bonds. The second kappa shape index (κ2) is 6.33. The number of aromatic amines is 1. The van der Waals surface area contributed by atoms with E-state index in [1.165, 1.54) is 11.8 Å². The molecule has 0 bridgehead atoms. The van der Waals surface area contributed by atoms with Crippen molar-refractivity contribution in [2.45, 2.75) is 5.16 Å². The van der Waals surface area contributed by atoms with Gasteiger partial charge in [-0.25, -0.2) is 9.97 Å². The molecule has 2 aromatic carbocycles. The topological polar surface area (TPSA) is 66.5 Å². The Morgan fingerprint density at radius 1 is 1.00 bits per heavy atom. The number of nitrogens with zero attached hydrogens (tertiary/aromatic N) is 3. The molecular weight excluding hydrogens is 318 g/mol. The number of anilines is 2. The van der Waals surface area contributed by atoms with Crippen LogP contribution in [0.25, 0.3) is 22.2 Å². The van der Waals surface area contributed by atoms with Gasteiger partial charge in [0.15, 0.2) is 5.16 Å². The van der Waals surface area contributed by atoms with Gasteiger partial charge in [0.05, 0.1) is 17.4 Å². The Labute approximate surface area is 143 Å². The molecule has 0 aliphatic rings. The van der Waals surface area contributed by atoms with E-state index in [2.05, 4.69) is 25.5 Å². The molecule has 2 heterocycles. The van der Waals surface area contributed by atoms with E-state index in [-0.39, 0.29) is 0 Å². The lowest BCUT2D eigenvalue weighted by Gasteiger charge is -2.09. The number of benzene rings is 2. The van der Waals surface area contributed by atoms with Crippen molar-refractivity contribution in [3.8, 4) is 11.3 Å². The van der Waals surface area contributed by atoms with E-state index in [4.69, 9.17) is 0 Å². The summed E-state index contributed by atoms with van der Waals surface area (Å²) in [6, 6.07) is 18.1. The normalized spacial score (nSPS) is 10.9. The minimum atomic E-state index is 0.737. The highest BCUT2D eigenvalue weighted by molar-refractivity contribution is 7.98. The lowest BCUT2D eigenvalue weighted by molar-refractivity contribution is 0.981. The zero-order valence-corrected chi connectivity index (χ0v) is 13.8. The van der Waals surface area contributed by atoms with Crippen molar-refractivity contribution in [1.29, 1.82) is 0 Å². The van der Waals surface area contributed by atoms with Crippen LogP contribution in [-0.4, -0.2) is 26.4 Å². The van der Waals surface area contributed by atoms with Gasteiger partial charge in [0, 0.05) is 22.7 Å². The summed E-state index contributed by atoms with van der Waals surface area (Å²) in [5.74, 6) is 0.770. The molecule has 5 nitrogen and oxygen atoms in total. The smallest absolute Gasteiger partial charge is 0.189 e. The minimum absolute atomic E-state index is 0.737. The number of fused-ring (bicyclic) bond motifs is 1. The Morgan fingerprint density at radius 3 is 2.71 bits per heavy atom. The fraction of sp³-hybridized carbons (Fsp3) is 0.0556. The summed E-state index contributed by atoms with van der Waals surface area (Å²) in [6.45, 7) is 0. The van der Waals surface area contributed by atoms with Crippen LogP contribution in [0.3, 0.4) is 0 Å². The number of rotatable bonds is 4. The third kappa shape index (κ3) is 2.96. The Bertz CT molecular complexity index is 981. The Balaban J connectivity index is 1.71. The summed E-state index contributed by atoms with van der Waals surface area (Å²) < 4.78 is 0. The number of thioether (sulfide) groups is 1. The number of H-pyrrole nitrogens is 1. The van der Waals surface area contributed by atoms with Gasteiger partial charge in [0.25, 0.3) is 0 Å². The summed E-state index contributed by atoms with van der Waals surface area (Å²) >= 11 is 1.53. The molecule has 0 saturated heterocycles. The van der Waals surface area contributed by atoms with Gasteiger partial charge in [-0.1, -0.05) is 42.1 Å². The zero-order valence-electron chi connectivity index (χ0n) is 13.0. The van der Waals surface area contributed by atoms with E-state index < -0.39 is 0 Å². The monoisotopic (exact) mass is 333 g/mol. The quantitative estimate of drug-likeness (QED) is 0.425. The van der Waals surface area contributed by atoms with Gasteiger partial charge in [0.1, 0.15) is 5.82 Å². The lowest BCUT2D eigenvalue weighted by Crippen LogP contribution is -1.98. The second-order valence-electron chi connectivity index (χ2n) is 5.29. The van der Waals surface area contributed by atoms with E-state index in [0.717, 1.165) is 38.8 Å². The molecular formula is C18H15N5S. The number of aromatic nitrogens is 4. The first-order valence-corrected chi connectivity index (χ1v) is 8.73. The van der Waals surface area contributed by atoms with Gasteiger partial charge in [0.2, 0.25) is 0 Å². The maximum atomic E-state index is 4.60. The summed E-state index contributed by atoms with van der Waals surface area (Å²) in [6.07, 6.45) is 3.79. The van der Waals surface area contributed by atoms with Gasteiger partial charge >= 0.3 is 0 Å². The molecule has 4 aromatic rings. The van der Waals surface area contributed by atoms with Crippen molar-refractivity contribution in [3.63, 3.8) is 0 Å². The predicted octanol–water partition coefficient (Wildman–Crippen LogP) is 4.49. The number of nitrogens with one attached hydrogen (secondary N) is 2. The van der Waals surface area contributed by atoms with Crippen molar-refractivity contribution in [2.75, 3.05) is 11.6 Å². The van der Waals surface area contributed by atoms with Crippen LogP contribution in [0, 0.1) is 0 Å². The van der Waals surface area contributed by atoms with Crippen LogP contribution in [0.4, 0.5) is 11.5 Å². The molecule has 0 aliphatic carbocycles. The van der Waals surface area contributed by atoms with Crippen molar-refractivity contribution >= 4 is 34.2 Å². The van der Waals surface area contributed by atoms with Crippen LogP contribution >= 0.6 is 11.8 Å². The molecule has 0 spiro atoms. The molecule has 0 atom stereocenters. The van der Waals surface area contributed by atoms with Gasteiger partial charge in [-0.3, -0.25) is 5.10 Å².